The summed E-state index contributed by atoms with van der Waals surface area (Å²) in [6, 6.07) is 0. The lowest BCUT2D eigenvalue weighted by atomic mass is 9.94. The third-order valence-electron chi connectivity index (χ3n) is 3.51. The lowest BCUT2D eigenvalue weighted by molar-refractivity contribution is -0.122. The van der Waals surface area contributed by atoms with E-state index in [0.29, 0.717) is 31.8 Å². The fraction of sp³-hybridized carbons (Fsp3) is 0.933. The predicted molar refractivity (Wildman–Crippen MR) is 79.8 cm³/mol. The average molecular weight is 272 g/mol. The number of aliphatic hydroxyl groups is 1. The van der Waals surface area contributed by atoms with Crippen LogP contribution in [0.4, 0.5) is 0 Å². The highest BCUT2D eigenvalue weighted by atomic mass is 16.3. The first-order chi connectivity index (χ1) is 8.95. The number of amides is 1. The van der Waals surface area contributed by atoms with E-state index in [-0.39, 0.29) is 5.91 Å². The summed E-state index contributed by atoms with van der Waals surface area (Å²) in [4.78, 5) is 11.8. The molecule has 2 unspecified atom stereocenters. The van der Waals surface area contributed by atoms with Gasteiger partial charge in [-0.1, -0.05) is 33.1 Å². The molecule has 0 fully saturated rings. The van der Waals surface area contributed by atoms with Gasteiger partial charge in [0.05, 0.1) is 5.60 Å². The zero-order chi connectivity index (χ0) is 14.7. The van der Waals surface area contributed by atoms with Crippen LogP contribution >= 0.6 is 0 Å². The highest BCUT2D eigenvalue weighted by Crippen LogP contribution is 2.17. The van der Waals surface area contributed by atoms with E-state index in [1.165, 1.54) is 0 Å². The van der Waals surface area contributed by atoms with Crippen molar-refractivity contribution in [1.29, 1.82) is 0 Å². The van der Waals surface area contributed by atoms with Crippen molar-refractivity contribution in [3.05, 3.63) is 0 Å². The number of hydrogen-bond acceptors (Lipinski definition) is 3. The highest BCUT2D eigenvalue weighted by molar-refractivity contribution is 5.75. The standard InChI is InChI=1S/C15H32N2O2/c1-4-6-13(9-11-16)7-8-14(18)17-12-15(3,19)10-5-2/h13,19H,4-12,16H2,1-3H3,(H,17,18). The predicted octanol–water partition coefficient (Wildman–Crippen LogP) is 2.20. The molecule has 0 aliphatic heterocycles. The molecule has 0 aromatic carbocycles. The van der Waals surface area contributed by atoms with Gasteiger partial charge in [-0.05, 0) is 38.6 Å². The minimum atomic E-state index is -0.787. The Bertz CT molecular complexity index is 236. The van der Waals surface area contributed by atoms with Gasteiger partial charge in [-0.3, -0.25) is 4.79 Å². The minimum absolute atomic E-state index is 0.0366. The van der Waals surface area contributed by atoms with E-state index in [9.17, 15) is 9.90 Å². The van der Waals surface area contributed by atoms with Crippen LogP contribution in [0.15, 0.2) is 0 Å². The van der Waals surface area contributed by atoms with Crippen molar-refractivity contribution in [1.82, 2.24) is 5.32 Å². The molecule has 0 aromatic heterocycles. The zero-order valence-electron chi connectivity index (χ0n) is 12.9. The molecule has 4 heteroatoms. The van der Waals surface area contributed by atoms with Gasteiger partial charge in [0.25, 0.3) is 0 Å². The molecule has 1 amide bonds. The van der Waals surface area contributed by atoms with E-state index in [4.69, 9.17) is 5.73 Å². The average Bonchev–Trinajstić information content (AvgIpc) is 2.34. The molecule has 4 N–H and O–H groups in total. The number of hydrogen-bond donors (Lipinski definition) is 3. The van der Waals surface area contributed by atoms with Crippen LogP contribution in [0.2, 0.25) is 0 Å². The van der Waals surface area contributed by atoms with Crippen molar-refractivity contribution in [2.75, 3.05) is 13.1 Å². The van der Waals surface area contributed by atoms with Crippen molar-refractivity contribution in [3.63, 3.8) is 0 Å². The number of carbonyl (C=O) groups excluding carboxylic acids is 1. The molecule has 0 bridgehead atoms. The van der Waals surface area contributed by atoms with E-state index in [2.05, 4.69) is 12.2 Å². The summed E-state index contributed by atoms with van der Waals surface area (Å²) in [6.45, 7) is 6.99. The van der Waals surface area contributed by atoms with E-state index < -0.39 is 5.60 Å². The van der Waals surface area contributed by atoms with Crippen molar-refractivity contribution in [2.45, 2.75) is 71.3 Å². The van der Waals surface area contributed by atoms with Gasteiger partial charge in [-0.25, -0.2) is 0 Å². The van der Waals surface area contributed by atoms with Crippen molar-refractivity contribution >= 4 is 5.91 Å². The molecule has 0 aliphatic carbocycles. The van der Waals surface area contributed by atoms with Crippen molar-refractivity contribution in [2.24, 2.45) is 11.7 Å². The fourth-order valence-electron chi connectivity index (χ4n) is 2.42. The first kappa shape index (κ1) is 18.4. The van der Waals surface area contributed by atoms with Crippen LogP contribution in [0.25, 0.3) is 0 Å². The Balaban J connectivity index is 3.90. The Morgan fingerprint density at radius 2 is 1.95 bits per heavy atom. The van der Waals surface area contributed by atoms with Crippen LogP contribution < -0.4 is 11.1 Å². The van der Waals surface area contributed by atoms with Crippen LogP contribution in [0.3, 0.4) is 0 Å². The van der Waals surface area contributed by atoms with E-state index >= 15 is 0 Å². The van der Waals surface area contributed by atoms with Crippen molar-refractivity contribution in [3.8, 4) is 0 Å². The summed E-state index contributed by atoms with van der Waals surface area (Å²) >= 11 is 0. The van der Waals surface area contributed by atoms with Gasteiger partial charge < -0.3 is 16.2 Å². The number of nitrogens with two attached hydrogens (primary N) is 1. The van der Waals surface area contributed by atoms with Gasteiger partial charge in [-0.15, -0.1) is 0 Å². The Labute approximate surface area is 118 Å². The van der Waals surface area contributed by atoms with Gasteiger partial charge >= 0.3 is 0 Å². The van der Waals surface area contributed by atoms with Crippen LogP contribution in [0.5, 0.6) is 0 Å². The van der Waals surface area contributed by atoms with Crippen molar-refractivity contribution < 1.29 is 9.90 Å². The molecule has 114 valence electrons. The first-order valence-electron chi connectivity index (χ1n) is 7.64. The van der Waals surface area contributed by atoms with E-state index in [0.717, 1.165) is 32.1 Å². The molecule has 0 saturated heterocycles. The molecule has 0 saturated carbocycles. The third kappa shape index (κ3) is 9.91. The maximum Gasteiger partial charge on any atom is 0.220 e. The molecular formula is C15H32N2O2. The lowest BCUT2D eigenvalue weighted by Crippen LogP contribution is -2.40. The Hall–Kier alpha value is -0.610. The molecule has 0 aliphatic rings. The SMILES string of the molecule is CCCC(CCN)CCC(=O)NCC(C)(O)CCC. The normalized spacial score (nSPS) is 15.8. The first-order valence-corrected chi connectivity index (χ1v) is 7.64. The van der Waals surface area contributed by atoms with Gasteiger partial charge in [0.2, 0.25) is 5.91 Å². The number of nitrogens with one attached hydrogen (secondary N) is 1. The molecule has 19 heavy (non-hydrogen) atoms. The second-order valence-electron chi connectivity index (χ2n) is 5.79. The molecule has 0 aromatic rings. The third-order valence-corrected chi connectivity index (χ3v) is 3.51. The van der Waals surface area contributed by atoms with E-state index in [1.54, 1.807) is 6.92 Å². The Morgan fingerprint density at radius 1 is 1.26 bits per heavy atom. The molecule has 0 spiro atoms. The molecule has 4 nitrogen and oxygen atoms in total. The quantitative estimate of drug-likeness (QED) is 0.540. The summed E-state index contributed by atoms with van der Waals surface area (Å²) in [7, 11) is 0. The maximum atomic E-state index is 11.8. The summed E-state index contributed by atoms with van der Waals surface area (Å²) in [6.07, 6.45) is 6.32. The molecule has 0 rings (SSSR count). The van der Waals surface area contributed by atoms with E-state index in [1.807, 2.05) is 6.92 Å². The van der Waals surface area contributed by atoms with Gasteiger partial charge in [-0.2, -0.15) is 0 Å². The summed E-state index contributed by atoms with van der Waals surface area (Å²) in [5.41, 5.74) is 4.79. The number of rotatable bonds is 11. The monoisotopic (exact) mass is 272 g/mol. The van der Waals surface area contributed by atoms with Crippen LogP contribution in [-0.4, -0.2) is 29.7 Å². The minimum Gasteiger partial charge on any atom is -0.388 e. The van der Waals surface area contributed by atoms with Gasteiger partial charge in [0.1, 0.15) is 0 Å². The Morgan fingerprint density at radius 3 is 2.47 bits per heavy atom. The number of carbonyl (C=O) groups is 1. The topological polar surface area (TPSA) is 75.4 Å². The highest BCUT2D eigenvalue weighted by Gasteiger charge is 2.20. The van der Waals surface area contributed by atoms with Crippen LogP contribution in [-0.2, 0) is 4.79 Å². The smallest absolute Gasteiger partial charge is 0.220 e. The largest absolute Gasteiger partial charge is 0.388 e. The summed E-state index contributed by atoms with van der Waals surface area (Å²) < 4.78 is 0. The Kier molecular flexibility index (Phi) is 9.88. The lowest BCUT2D eigenvalue weighted by Gasteiger charge is -2.23. The maximum absolute atomic E-state index is 11.8. The summed E-state index contributed by atoms with van der Waals surface area (Å²) in [5.74, 6) is 0.589. The molecule has 0 heterocycles. The molecule has 2 atom stereocenters. The summed E-state index contributed by atoms with van der Waals surface area (Å²) in [5, 5.41) is 12.8. The van der Waals surface area contributed by atoms with Gasteiger partial charge in [0, 0.05) is 13.0 Å². The second-order valence-corrected chi connectivity index (χ2v) is 5.79. The van der Waals surface area contributed by atoms with Crippen LogP contribution in [0.1, 0.15) is 65.7 Å². The fourth-order valence-corrected chi connectivity index (χ4v) is 2.42. The molecule has 0 radical (unpaired) electrons. The van der Waals surface area contributed by atoms with Crippen LogP contribution in [0, 0.1) is 5.92 Å². The molecular weight excluding hydrogens is 240 g/mol. The van der Waals surface area contributed by atoms with Gasteiger partial charge in [0.15, 0.2) is 0 Å². The second kappa shape index (κ2) is 10.2. The zero-order valence-corrected chi connectivity index (χ0v) is 12.9.